The highest BCUT2D eigenvalue weighted by Gasteiger charge is 2.25. The van der Waals surface area contributed by atoms with Gasteiger partial charge in [0.05, 0.1) is 16.1 Å². The fourth-order valence-electron chi connectivity index (χ4n) is 2.04. The van der Waals surface area contributed by atoms with Crippen molar-refractivity contribution in [2.75, 3.05) is 5.32 Å². The van der Waals surface area contributed by atoms with Gasteiger partial charge in [-0.15, -0.1) is 0 Å². The number of rotatable bonds is 3. The fraction of sp³-hybridized carbons (Fsp3) is 0.0714. The predicted molar refractivity (Wildman–Crippen MR) is 76.2 cm³/mol. The molecule has 0 atom stereocenters. The van der Waals surface area contributed by atoms with E-state index < -0.39 is 16.5 Å². The summed E-state index contributed by atoms with van der Waals surface area (Å²) in [7, 11) is 0. The molecule has 7 heteroatoms. The third-order valence-corrected chi connectivity index (χ3v) is 2.82. The van der Waals surface area contributed by atoms with Gasteiger partial charge in [0.25, 0.3) is 0 Å². The Morgan fingerprint density at radius 3 is 2.24 bits per heavy atom. The monoisotopic (exact) mass is 288 g/mol. The van der Waals surface area contributed by atoms with Crippen molar-refractivity contribution >= 4 is 17.3 Å². The first kappa shape index (κ1) is 14.3. The summed E-state index contributed by atoms with van der Waals surface area (Å²) in [5, 5.41) is 33.4. The Labute approximate surface area is 119 Å². The minimum Gasteiger partial charge on any atom is -0.507 e. The molecule has 7 nitrogen and oxygen atoms in total. The zero-order valence-corrected chi connectivity index (χ0v) is 11.0. The first-order chi connectivity index (χ1) is 9.91. The molecule has 0 fully saturated rings. The first-order valence-electron chi connectivity index (χ1n) is 5.98. The van der Waals surface area contributed by atoms with Crippen LogP contribution in [0.5, 0.6) is 11.5 Å². The van der Waals surface area contributed by atoms with Crippen LogP contribution in [0.1, 0.15) is 6.92 Å². The molecule has 2 aromatic carbocycles. The molecule has 3 N–H and O–H groups in total. The Balaban J connectivity index is 2.75. The Kier molecular flexibility index (Phi) is 3.75. The minimum absolute atomic E-state index is 0.00680. The summed E-state index contributed by atoms with van der Waals surface area (Å²) in [5.74, 6) is -1.05. The lowest BCUT2D eigenvalue weighted by molar-refractivity contribution is -0.383. The average molecular weight is 288 g/mol. The number of amides is 1. The molecule has 21 heavy (non-hydrogen) atoms. The van der Waals surface area contributed by atoms with Crippen molar-refractivity contribution in [1.29, 1.82) is 0 Å². The lowest BCUT2D eigenvalue weighted by atomic mass is 10.0. The largest absolute Gasteiger partial charge is 0.507 e. The van der Waals surface area contributed by atoms with Crippen molar-refractivity contribution in [3.8, 4) is 22.6 Å². The Morgan fingerprint density at radius 2 is 1.71 bits per heavy atom. The summed E-state index contributed by atoms with van der Waals surface area (Å²) in [6, 6.07) is 8.28. The van der Waals surface area contributed by atoms with E-state index in [4.69, 9.17) is 0 Å². The van der Waals surface area contributed by atoms with Gasteiger partial charge in [-0.3, -0.25) is 14.9 Å². The normalized spacial score (nSPS) is 10.1. The molecule has 0 aliphatic heterocycles. The van der Waals surface area contributed by atoms with Gasteiger partial charge in [-0.2, -0.15) is 0 Å². The van der Waals surface area contributed by atoms with E-state index in [0.29, 0.717) is 0 Å². The van der Waals surface area contributed by atoms with Gasteiger partial charge in [0, 0.05) is 6.92 Å². The summed E-state index contributed by atoms with van der Waals surface area (Å²) in [5.41, 5.74) is -0.449. The van der Waals surface area contributed by atoms with Crippen LogP contribution in [0.2, 0.25) is 0 Å². The Morgan fingerprint density at radius 1 is 1.14 bits per heavy atom. The third kappa shape index (κ3) is 2.76. The molecular weight excluding hydrogens is 276 g/mol. The highest BCUT2D eigenvalue weighted by Crippen LogP contribution is 2.44. The molecule has 2 rings (SSSR count). The molecule has 0 saturated carbocycles. The maximum absolute atomic E-state index is 11.3. The zero-order valence-electron chi connectivity index (χ0n) is 11.0. The maximum atomic E-state index is 11.3. The molecule has 0 aliphatic carbocycles. The van der Waals surface area contributed by atoms with Crippen LogP contribution in [0, 0.1) is 10.1 Å². The number of nitro groups is 1. The molecule has 0 aliphatic rings. The molecule has 2 aromatic rings. The van der Waals surface area contributed by atoms with Crippen LogP contribution >= 0.6 is 0 Å². The zero-order chi connectivity index (χ0) is 15.6. The second-order valence-electron chi connectivity index (χ2n) is 4.31. The number of carbonyl (C=O) groups excluding carboxylic acids is 1. The Hall–Kier alpha value is -3.09. The number of nitrogens with zero attached hydrogens (tertiary/aromatic N) is 1. The van der Waals surface area contributed by atoms with Crippen LogP contribution in [-0.2, 0) is 4.79 Å². The number of nitrogens with one attached hydrogen (secondary N) is 1. The fourth-order valence-corrected chi connectivity index (χ4v) is 2.04. The van der Waals surface area contributed by atoms with E-state index in [1.807, 2.05) is 0 Å². The third-order valence-electron chi connectivity index (χ3n) is 2.82. The van der Waals surface area contributed by atoms with Crippen LogP contribution in [-0.4, -0.2) is 21.0 Å². The molecule has 108 valence electrons. The van der Waals surface area contributed by atoms with Gasteiger partial charge in [0.1, 0.15) is 17.2 Å². The molecule has 0 saturated heterocycles. The summed E-state index contributed by atoms with van der Waals surface area (Å²) in [4.78, 5) is 21.8. The van der Waals surface area contributed by atoms with Crippen LogP contribution < -0.4 is 5.32 Å². The number of para-hydroxylation sites is 1. The lowest BCUT2D eigenvalue weighted by Crippen LogP contribution is -2.08. The van der Waals surface area contributed by atoms with E-state index in [1.165, 1.54) is 43.3 Å². The number of anilines is 1. The van der Waals surface area contributed by atoms with Gasteiger partial charge in [-0.25, -0.2) is 0 Å². The van der Waals surface area contributed by atoms with Crippen molar-refractivity contribution in [2.45, 2.75) is 6.92 Å². The summed E-state index contributed by atoms with van der Waals surface area (Å²) in [6.45, 7) is 1.23. The average Bonchev–Trinajstić information content (AvgIpc) is 2.37. The highest BCUT2D eigenvalue weighted by atomic mass is 16.6. The predicted octanol–water partition coefficient (Wildman–Crippen LogP) is 2.63. The molecule has 0 aromatic heterocycles. The van der Waals surface area contributed by atoms with Gasteiger partial charge >= 0.3 is 5.69 Å². The molecule has 0 bridgehead atoms. The lowest BCUT2D eigenvalue weighted by Gasteiger charge is -2.11. The number of phenolic OH excluding ortho intramolecular Hbond substituents is 2. The maximum Gasteiger partial charge on any atom is 0.300 e. The van der Waals surface area contributed by atoms with Crippen molar-refractivity contribution in [2.24, 2.45) is 0 Å². The van der Waals surface area contributed by atoms with Crippen molar-refractivity contribution in [3.63, 3.8) is 0 Å². The van der Waals surface area contributed by atoms with Crippen LogP contribution in [0.15, 0.2) is 36.4 Å². The van der Waals surface area contributed by atoms with Gasteiger partial charge < -0.3 is 15.5 Å². The number of phenols is 2. The summed E-state index contributed by atoms with van der Waals surface area (Å²) >= 11 is 0. The van der Waals surface area contributed by atoms with Gasteiger partial charge in [0.2, 0.25) is 5.91 Å². The van der Waals surface area contributed by atoms with Crippen LogP contribution in [0.3, 0.4) is 0 Å². The van der Waals surface area contributed by atoms with Crippen molar-refractivity contribution < 1.29 is 19.9 Å². The molecule has 0 heterocycles. The molecule has 1 amide bonds. The minimum atomic E-state index is -0.674. The second kappa shape index (κ2) is 5.49. The standard InChI is InChI=1S/C14H12N2O5/c1-8(17)15-10-5-2-4-9(14(10)16(20)21)13-11(18)6-3-7-12(13)19/h2-7,18-19H,1H3,(H,15,17). The second-order valence-corrected chi connectivity index (χ2v) is 4.31. The number of hydrogen-bond acceptors (Lipinski definition) is 5. The van der Waals surface area contributed by atoms with Gasteiger partial charge in [-0.1, -0.05) is 12.1 Å². The van der Waals surface area contributed by atoms with E-state index in [2.05, 4.69) is 5.32 Å². The molecule has 0 unspecified atom stereocenters. The van der Waals surface area contributed by atoms with Crippen LogP contribution in [0.25, 0.3) is 11.1 Å². The first-order valence-corrected chi connectivity index (χ1v) is 5.98. The molecular formula is C14H12N2O5. The highest BCUT2D eigenvalue weighted by molar-refractivity contribution is 5.96. The number of benzene rings is 2. The summed E-state index contributed by atoms with van der Waals surface area (Å²) < 4.78 is 0. The van der Waals surface area contributed by atoms with E-state index in [-0.39, 0.29) is 28.3 Å². The van der Waals surface area contributed by atoms with E-state index in [9.17, 15) is 25.1 Å². The Bertz CT molecular complexity index is 707. The SMILES string of the molecule is CC(=O)Nc1cccc(-c2c(O)cccc2O)c1[N+](=O)[O-]. The number of aromatic hydroxyl groups is 2. The van der Waals surface area contributed by atoms with Gasteiger partial charge in [0.15, 0.2) is 0 Å². The topological polar surface area (TPSA) is 113 Å². The van der Waals surface area contributed by atoms with E-state index in [1.54, 1.807) is 0 Å². The number of hydrogen-bond donors (Lipinski definition) is 3. The number of nitro benzene ring substituents is 1. The van der Waals surface area contributed by atoms with E-state index >= 15 is 0 Å². The molecule has 0 radical (unpaired) electrons. The van der Waals surface area contributed by atoms with Crippen molar-refractivity contribution in [1.82, 2.24) is 0 Å². The number of carbonyl (C=O) groups is 1. The molecule has 0 spiro atoms. The quantitative estimate of drug-likeness (QED) is 0.593. The van der Waals surface area contributed by atoms with Gasteiger partial charge in [-0.05, 0) is 24.3 Å². The van der Waals surface area contributed by atoms with E-state index in [0.717, 1.165) is 0 Å². The van der Waals surface area contributed by atoms with Crippen molar-refractivity contribution in [3.05, 3.63) is 46.5 Å². The smallest absolute Gasteiger partial charge is 0.300 e. The summed E-state index contributed by atoms with van der Waals surface area (Å²) in [6.07, 6.45) is 0. The van der Waals surface area contributed by atoms with Crippen LogP contribution in [0.4, 0.5) is 11.4 Å².